The maximum Gasteiger partial charge on any atom is 0.270 e. The molecule has 49 heavy (non-hydrogen) atoms. The van der Waals surface area contributed by atoms with Gasteiger partial charge in [0, 0.05) is 61.6 Å². The lowest BCUT2D eigenvalue weighted by Gasteiger charge is -2.32. The van der Waals surface area contributed by atoms with E-state index in [1.54, 1.807) is 40.5 Å². The first-order valence-electron chi connectivity index (χ1n) is 16.6. The van der Waals surface area contributed by atoms with Gasteiger partial charge >= 0.3 is 0 Å². The summed E-state index contributed by atoms with van der Waals surface area (Å²) < 4.78 is 1.67. The van der Waals surface area contributed by atoms with Crippen LogP contribution in [-0.2, 0) is 22.6 Å². The minimum absolute atomic E-state index is 0.0851. The first-order valence-corrected chi connectivity index (χ1v) is 16.6. The van der Waals surface area contributed by atoms with Gasteiger partial charge in [0.05, 0.1) is 5.69 Å². The van der Waals surface area contributed by atoms with Crippen LogP contribution < -0.4 is 15.5 Å². The number of rotatable bonds is 8. The molecule has 5 aromatic rings. The minimum Gasteiger partial charge on any atom is -0.348 e. The molecule has 0 saturated carbocycles. The molecule has 2 N–H and O–H groups in total. The number of hydrogen-bond donors (Lipinski definition) is 2. The summed E-state index contributed by atoms with van der Waals surface area (Å²) in [5.41, 5.74) is 5.15. The first kappa shape index (κ1) is 30.6. The van der Waals surface area contributed by atoms with E-state index in [0.717, 1.165) is 60.1 Å². The summed E-state index contributed by atoms with van der Waals surface area (Å²) >= 11 is 0. The van der Waals surface area contributed by atoms with Gasteiger partial charge in [0.1, 0.15) is 18.1 Å². The van der Waals surface area contributed by atoms with Gasteiger partial charge in [0.25, 0.3) is 11.8 Å². The van der Waals surface area contributed by atoms with E-state index < -0.39 is 11.9 Å². The third-order valence-corrected chi connectivity index (χ3v) is 9.70. The van der Waals surface area contributed by atoms with Crippen LogP contribution >= 0.6 is 0 Å². The number of carbonyl (C=O) groups excluding carboxylic acids is 4. The summed E-state index contributed by atoms with van der Waals surface area (Å²) in [6, 6.07) is 19.4. The highest BCUT2D eigenvalue weighted by Crippen LogP contribution is 2.41. The lowest BCUT2D eigenvalue weighted by Crippen LogP contribution is -2.53. The predicted octanol–water partition coefficient (Wildman–Crippen LogP) is 3.57. The topological polar surface area (TPSA) is 142 Å². The smallest absolute Gasteiger partial charge is 0.270 e. The van der Waals surface area contributed by atoms with Crippen molar-refractivity contribution >= 4 is 40.1 Å². The number of amides is 4. The number of imide groups is 1. The van der Waals surface area contributed by atoms with Crippen LogP contribution in [0.25, 0.3) is 16.7 Å². The van der Waals surface area contributed by atoms with Gasteiger partial charge in [0.15, 0.2) is 0 Å². The molecule has 1 unspecified atom stereocenters. The summed E-state index contributed by atoms with van der Waals surface area (Å²) in [6.07, 6.45) is 9.50. The standard InChI is InChI=1S/C37H34N8O4/c46-32-11-10-31(35(48)42-32)45-30-9-8-25(27-2-1-3-28(33(27)30)36(45)49)20-23-4-6-24(7-5-23)21-43-17-13-26(14-18-43)40-34(47)29-12-15-39-37(41-29)44-19-16-38-22-44/h1-9,12,15-16,19,22,26,31H,10-11,13-14,17-18,20-21H2,(H,40,47)(H,42,46,48). The van der Waals surface area contributed by atoms with Crippen molar-refractivity contribution in [3.05, 3.63) is 114 Å². The van der Waals surface area contributed by atoms with Crippen LogP contribution in [0.4, 0.5) is 5.69 Å². The highest BCUT2D eigenvalue weighted by Gasteiger charge is 2.40. The van der Waals surface area contributed by atoms with Crippen LogP contribution in [0.1, 0.15) is 63.2 Å². The summed E-state index contributed by atoms with van der Waals surface area (Å²) in [6.45, 7) is 2.60. The Morgan fingerprint density at radius 1 is 0.918 bits per heavy atom. The van der Waals surface area contributed by atoms with Crippen LogP contribution in [0.3, 0.4) is 0 Å². The first-order chi connectivity index (χ1) is 23.9. The van der Waals surface area contributed by atoms with Gasteiger partial charge in [-0.3, -0.25) is 38.9 Å². The van der Waals surface area contributed by atoms with E-state index in [-0.39, 0.29) is 30.2 Å². The number of likely N-dealkylation sites (tertiary alicyclic amines) is 1. The second kappa shape index (κ2) is 12.7. The molecule has 1 atom stereocenters. The number of hydrogen-bond acceptors (Lipinski definition) is 8. The van der Waals surface area contributed by atoms with E-state index in [4.69, 9.17) is 0 Å². The lowest BCUT2D eigenvalue weighted by molar-refractivity contribution is -0.134. The molecule has 0 bridgehead atoms. The number of aromatic nitrogens is 4. The fourth-order valence-electron chi connectivity index (χ4n) is 7.17. The zero-order chi connectivity index (χ0) is 33.5. The molecular weight excluding hydrogens is 620 g/mol. The Hall–Kier alpha value is -5.75. The Bertz CT molecular complexity index is 2090. The molecule has 0 spiro atoms. The molecule has 2 fully saturated rings. The highest BCUT2D eigenvalue weighted by molar-refractivity contribution is 6.27. The van der Waals surface area contributed by atoms with Gasteiger partial charge in [-0.25, -0.2) is 15.0 Å². The average molecular weight is 655 g/mol. The van der Waals surface area contributed by atoms with Crippen molar-refractivity contribution in [1.82, 2.24) is 35.1 Å². The van der Waals surface area contributed by atoms with Gasteiger partial charge in [-0.15, -0.1) is 0 Å². The molecule has 2 aromatic heterocycles. The van der Waals surface area contributed by atoms with Crippen molar-refractivity contribution in [1.29, 1.82) is 0 Å². The van der Waals surface area contributed by atoms with E-state index in [1.165, 1.54) is 5.56 Å². The third kappa shape index (κ3) is 5.95. The molecule has 12 heteroatoms. The van der Waals surface area contributed by atoms with Crippen molar-refractivity contribution in [2.75, 3.05) is 18.0 Å². The quantitative estimate of drug-likeness (QED) is 0.242. The largest absolute Gasteiger partial charge is 0.348 e. The Morgan fingerprint density at radius 2 is 1.73 bits per heavy atom. The van der Waals surface area contributed by atoms with Crippen molar-refractivity contribution < 1.29 is 19.2 Å². The summed E-state index contributed by atoms with van der Waals surface area (Å²) in [5.74, 6) is -0.717. The van der Waals surface area contributed by atoms with Crippen LogP contribution in [-0.4, -0.2) is 73.2 Å². The number of imidazole rings is 1. The van der Waals surface area contributed by atoms with Crippen LogP contribution in [0.5, 0.6) is 0 Å². The fourth-order valence-corrected chi connectivity index (χ4v) is 7.17. The minimum atomic E-state index is -0.699. The zero-order valence-electron chi connectivity index (χ0n) is 26.7. The van der Waals surface area contributed by atoms with Gasteiger partial charge in [-0.1, -0.05) is 42.5 Å². The number of carbonyl (C=O) groups is 4. The zero-order valence-corrected chi connectivity index (χ0v) is 26.7. The molecular formula is C37H34N8O4. The molecule has 3 aliphatic heterocycles. The van der Waals surface area contributed by atoms with Crippen LogP contribution in [0.15, 0.2) is 85.6 Å². The molecule has 3 aromatic carbocycles. The number of anilines is 1. The molecule has 8 rings (SSSR count). The van der Waals surface area contributed by atoms with Gasteiger partial charge in [-0.2, -0.15) is 0 Å². The van der Waals surface area contributed by atoms with Gasteiger partial charge < -0.3 is 5.32 Å². The molecule has 0 radical (unpaired) electrons. The third-order valence-electron chi connectivity index (χ3n) is 9.70. The van der Waals surface area contributed by atoms with E-state index in [2.05, 4.69) is 54.8 Å². The van der Waals surface area contributed by atoms with E-state index in [9.17, 15) is 19.2 Å². The summed E-state index contributed by atoms with van der Waals surface area (Å²) in [5, 5.41) is 7.38. The normalized spacial score (nSPS) is 18.2. The van der Waals surface area contributed by atoms with Gasteiger partial charge in [-0.05, 0) is 66.0 Å². The number of piperidine rings is 2. The lowest BCUT2D eigenvalue weighted by atomic mass is 9.95. The summed E-state index contributed by atoms with van der Waals surface area (Å²) in [4.78, 5) is 67.4. The molecule has 5 heterocycles. The molecule has 0 aliphatic carbocycles. The second-order valence-electron chi connectivity index (χ2n) is 12.8. The monoisotopic (exact) mass is 654 g/mol. The SMILES string of the molecule is O=C1CCC(N2C(=O)c3cccc4c(Cc5ccc(CN6CCC(NC(=O)c7ccnc(-n8ccnc8)n7)CC6)cc5)ccc2c34)C(=O)N1. The maximum absolute atomic E-state index is 13.5. The number of nitrogens with zero attached hydrogens (tertiary/aromatic N) is 6. The Labute approximate surface area is 282 Å². The molecule has 3 aliphatic rings. The van der Waals surface area contributed by atoms with E-state index >= 15 is 0 Å². The Morgan fingerprint density at radius 3 is 2.51 bits per heavy atom. The van der Waals surface area contributed by atoms with Crippen molar-refractivity contribution in [3.8, 4) is 5.95 Å². The van der Waals surface area contributed by atoms with E-state index in [1.807, 2.05) is 30.3 Å². The molecule has 246 valence electrons. The number of nitrogens with one attached hydrogen (secondary N) is 2. The Kier molecular flexibility index (Phi) is 7.92. The summed E-state index contributed by atoms with van der Waals surface area (Å²) in [7, 11) is 0. The predicted molar refractivity (Wildman–Crippen MR) is 181 cm³/mol. The van der Waals surface area contributed by atoms with Crippen molar-refractivity contribution in [3.63, 3.8) is 0 Å². The van der Waals surface area contributed by atoms with Crippen molar-refractivity contribution in [2.45, 2.75) is 50.7 Å². The van der Waals surface area contributed by atoms with E-state index in [0.29, 0.717) is 30.0 Å². The van der Waals surface area contributed by atoms with Gasteiger partial charge in [0.2, 0.25) is 17.8 Å². The average Bonchev–Trinajstić information content (AvgIpc) is 3.76. The highest BCUT2D eigenvalue weighted by atomic mass is 16.2. The molecule has 12 nitrogen and oxygen atoms in total. The van der Waals surface area contributed by atoms with Crippen LogP contribution in [0, 0.1) is 0 Å². The van der Waals surface area contributed by atoms with Crippen molar-refractivity contribution in [2.24, 2.45) is 0 Å². The molecule has 4 amide bonds. The maximum atomic E-state index is 13.5. The Balaban J connectivity index is 0.883. The molecule has 2 saturated heterocycles. The van der Waals surface area contributed by atoms with Crippen LogP contribution in [0.2, 0.25) is 0 Å². The number of benzene rings is 3. The fraction of sp³-hybridized carbons (Fsp3) is 0.270. The second-order valence-corrected chi connectivity index (χ2v) is 12.8.